The molecule has 0 spiro atoms. The first-order chi connectivity index (χ1) is 10.2. The first kappa shape index (κ1) is 16.5. The average Bonchev–Trinajstić information content (AvgIpc) is 2.36. The zero-order valence-corrected chi connectivity index (χ0v) is 13.5. The van der Waals surface area contributed by atoms with Gasteiger partial charge in [0.1, 0.15) is 0 Å². The fourth-order valence-electron chi connectivity index (χ4n) is 1.91. The van der Waals surface area contributed by atoms with Gasteiger partial charge < -0.3 is 0 Å². The van der Waals surface area contributed by atoms with Gasteiger partial charge in [-0.3, -0.25) is 14.8 Å². The van der Waals surface area contributed by atoms with E-state index in [1.807, 2.05) is 0 Å². The lowest BCUT2D eigenvalue weighted by Crippen LogP contribution is -2.14. The van der Waals surface area contributed by atoms with Crippen LogP contribution in [0.5, 0.6) is 0 Å². The molecule has 0 bridgehead atoms. The van der Waals surface area contributed by atoms with E-state index in [1.54, 1.807) is 0 Å². The van der Waals surface area contributed by atoms with Crippen molar-refractivity contribution in [1.29, 1.82) is 0 Å². The van der Waals surface area contributed by atoms with Crippen LogP contribution >= 0.6 is 23.2 Å². The van der Waals surface area contributed by atoms with E-state index in [1.165, 1.54) is 43.3 Å². The molecule has 22 heavy (non-hydrogen) atoms. The number of rotatable bonds is 4. The van der Waals surface area contributed by atoms with Crippen molar-refractivity contribution < 1.29 is 13.3 Å². The predicted octanol–water partition coefficient (Wildman–Crippen LogP) is 4.01. The summed E-state index contributed by atoms with van der Waals surface area (Å²) in [5.74, 6) is 0. The highest BCUT2D eigenvalue weighted by Gasteiger charge is 2.23. The minimum Gasteiger partial charge on any atom is -0.280 e. The van der Waals surface area contributed by atoms with Gasteiger partial charge in [-0.2, -0.15) is 0 Å². The van der Waals surface area contributed by atoms with Gasteiger partial charge in [-0.1, -0.05) is 29.3 Å². The van der Waals surface area contributed by atoms with Gasteiger partial charge in [0.25, 0.3) is 15.7 Å². The standard InChI is InChI=1S/C13H10Cl2N2O4S/c1-8-12(17(18)19)3-2-4-13(8)22(20,21)16-11-6-9(14)5-10(15)7-11/h2-7,16H,1H3. The fraction of sp³-hybridized carbons (Fsp3) is 0.0769. The number of benzene rings is 2. The van der Waals surface area contributed by atoms with Crippen LogP contribution < -0.4 is 4.72 Å². The van der Waals surface area contributed by atoms with Crippen molar-refractivity contribution in [2.24, 2.45) is 0 Å². The first-order valence-corrected chi connectivity index (χ1v) is 8.17. The number of nitrogens with one attached hydrogen (secondary N) is 1. The van der Waals surface area contributed by atoms with Crippen LogP contribution in [0.15, 0.2) is 41.3 Å². The zero-order chi connectivity index (χ0) is 16.5. The molecule has 0 saturated heterocycles. The van der Waals surface area contributed by atoms with Crippen LogP contribution in [0.2, 0.25) is 10.0 Å². The second-order valence-corrected chi connectivity index (χ2v) is 6.94. The Hall–Kier alpha value is -1.83. The molecule has 0 fully saturated rings. The summed E-state index contributed by atoms with van der Waals surface area (Å²) in [7, 11) is -4.01. The Kier molecular flexibility index (Phi) is 4.60. The molecule has 0 heterocycles. The maximum atomic E-state index is 12.4. The molecule has 0 amide bonds. The van der Waals surface area contributed by atoms with Crippen LogP contribution in [0, 0.1) is 17.0 Å². The van der Waals surface area contributed by atoms with E-state index < -0.39 is 14.9 Å². The highest BCUT2D eigenvalue weighted by atomic mass is 35.5. The van der Waals surface area contributed by atoms with E-state index in [2.05, 4.69) is 4.72 Å². The van der Waals surface area contributed by atoms with Crippen LogP contribution in [0.1, 0.15) is 5.56 Å². The first-order valence-electron chi connectivity index (χ1n) is 5.93. The molecule has 6 nitrogen and oxygen atoms in total. The molecule has 2 rings (SSSR count). The van der Waals surface area contributed by atoms with Crippen molar-refractivity contribution in [2.45, 2.75) is 11.8 Å². The van der Waals surface area contributed by atoms with E-state index in [0.717, 1.165) is 0 Å². The van der Waals surface area contributed by atoms with E-state index in [0.29, 0.717) is 0 Å². The lowest BCUT2D eigenvalue weighted by molar-refractivity contribution is -0.385. The van der Waals surface area contributed by atoms with Gasteiger partial charge in [0.15, 0.2) is 0 Å². The summed E-state index contributed by atoms with van der Waals surface area (Å²) in [6, 6.07) is 8.07. The minimum absolute atomic E-state index is 0.0492. The molecule has 0 unspecified atom stereocenters. The Morgan fingerprint density at radius 1 is 1.14 bits per heavy atom. The summed E-state index contributed by atoms with van der Waals surface area (Å²) in [5, 5.41) is 11.4. The highest BCUT2D eigenvalue weighted by molar-refractivity contribution is 7.92. The van der Waals surface area contributed by atoms with Gasteiger partial charge in [-0.25, -0.2) is 8.42 Å². The number of hydrogen-bond donors (Lipinski definition) is 1. The second kappa shape index (κ2) is 6.12. The van der Waals surface area contributed by atoms with Gasteiger partial charge in [-0.05, 0) is 31.2 Å². The summed E-state index contributed by atoms with van der Waals surface area (Å²) in [4.78, 5) is 10.1. The molecule has 0 aliphatic rings. The number of sulfonamides is 1. The monoisotopic (exact) mass is 360 g/mol. The summed E-state index contributed by atoms with van der Waals surface area (Å²) < 4.78 is 27.1. The topological polar surface area (TPSA) is 89.3 Å². The number of nitrogens with zero attached hydrogens (tertiary/aromatic N) is 1. The van der Waals surface area contributed by atoms with Crippen molar-refractivity contribution >= 4 is 44.6 Å². The maximum Gasteiger partial charge on any atom is 0.273 e. The van der Waals surface area contributed by atoms with E-state index in [4.69, 9.17) is 23.2 Å². The van der Waals surface area contributed by atoms with E-state index in [-0.39, 0.29) is 31.9 Å². The van der Waals surface area contributed by atoms with Crippen LogP contribution in [-0.2, 0) is 10.0 Å². The Morgan fingerprint density at radius 2 is 1.73 bits per heavy atom. The minimum atomic E-state index is -4.01. The average molecular weight is 361 g/mol. The number of nitro benzene ring substituents is 1. The SMILES string of the molecule is Cc1c([N+](=O)[O-])cccc1S(=O)(=O)Nc1cc(Cl)cc(Cl)c1. The van der Waals surface area contributed by atoms with Gasteiger partial charge >= 0.3 is 0 Å². The number of hydrogen-bond acceptors (Lipinski definition) is 4. The van der Waals surface area contributed by atoms with Gasteiger partial charge in [0, 0.05) is 21.7 Å². The molecule has 116 valence electrons. The van der Waals surface area contributed by atoms with Crippen LogP contribution in [0.25, 0.3) is 0 Å². The summed E-state index contributed by atoms with van der Waals surface area (Å²) in [6.45, 7) is 1.37. The quantitative estimate of drug-likeness (QED) is 0.658. The van der Waals surface area contributed by atoms with Crippen molar-refractivity contribution in [3.8, 4) is 0 Å². The van der Waals surface area contributed by atoms with Crippen LogP contribution in [-0.4, -0.2) is 13.3 Å². The van der Waals surface area contributed by atoms with Gasteiger partial charge in [0.2, 0.25) is 0 Å². The normalized spacial score (nSPS) is 11.2. The van der Waals surface area contributed by atoms with E-state index >= 15 is 0 Å². The molecule has 0 saturated carbocycles. The van der Waals surface area contributed by atoms with Crippen molar-refractivity contribution in [1.82, 2.24) is 0 Å². The largest absolute Gasteiger partial charge is 0.280 e. The molecule has 2 aromatic rings. The third-order valence-electron chi connectivity index (χ3n) is 2.86. The summed E-state index contributed by atoms with van der Waals surface area (Å²) in [6.07, 6.45) is 0. The maximum absolute atomic E-state index is 12.4. The van der Waals surface area contributed by atoms with E-state index in [9.17, 15) is 18.5 Å². The lowest BCUT2D eigenvalue weighted by Gasteiger charge is -2.11. The molecule has 0 aliphatic carbocycles. The van der Waals surface area contributed by atoms with Crippen molar-refractivity contribution in [3.63, 3.8) is 0 Å². The highest BCUT2D eigenvalue weighted by Crippen LogP contribution is 2.28. The fourth-order valence-corrected chi connectivity index (χ4v) is 3.74. The van der Waals surface area contributed by atoms with Gasteiger partial charge in [-0.15, -0.1) is 0 Å². The summed E-state index contributed by atoms with van der Waals surface area (Å²) in [5.41, 5.74) is -0.0523. The molecule has 9 heteroatoms. The molecule has 0 radical (unpaired) electrons. The van der Waals surface area contributed by atoms with Gasteiger partial charge in [0.05, 0.1) is 15.5 Å². The number of nitro groups is 1. The zero-order valence-electron chi connectivity index (χ0n) is 11.2. The Morgan fingerprint density at radius 3 is 2.27 bits per heavy atom. The van der Waals surface area contributed by atoms with Crippen LogP contribution in [0.3, 0.4) is 0 Å². The van der Waals surface area contributed by atoms with Crippen molar-refractivity contribution in [3.05, 3.63) is 62.1 Å². The predicted molar refractivity (Wildman–Crippen MR) is 85.1 cm³/mol. The molecule has 1 N–H and O–H groups in total. The molecule has 0 aromatic heterocycles. The molecule has 0 atom stereocenters. The Balaban J connectivity index is 2.47. The van der Waals surface area contributed by atoms with Crippen LogP contribution in [0.4, 0.5) is 11.4 Å². The molecule has 2 aromatic carbocycles. The lowest BCUT2D eigenvalue weighted by atomic mass is 10.2. The third kappa shape index (κ3) is 3.49. The number of anilines is 1. The second-order valence-electron chi connectivity index (χ2n) is 4.42. The molecule has 0 aliphatic heterocycles. The Bertz CT molecular complexity index is 833. The molecular formula is C13H10Cl2N2O4S. The smallest absolute Gasteiger partial charge is 0.273 e. The summed E-state index contributed by atoms with van der Waals surface area (Å²) >= 11 is 11.6. The Labute approximate surface area is 136 Å². The molecular weight excluding hydrogens is 351 g/mol. The third-order valence-corrected chi connectivity index (χ3v) is 4.82. The van der Waals surface area contributed by atoms with Crippen molar-refractivity contribution in [2.75, 3.05) is 4.72 Å². The number of halogens is 2.